The fourth-order valence-corrected chi connectivity index (χ4v) is 3.12. The summed E-state index contributed by atoms with van der Waals surface area (Å²) < 4.78 is 5.77. The molecule has 0 aliphatic heterocycles. The summed E-state index contributed by atoms with van der Waals surface area (Å²) in [6.07, 6.45) is 0.878. The molecular formula is C17H12O3S. The molecule has 1 heterocycles. The molecule has 4 heteroatoms. The zero-order valence-electron chi connectivity index (χ0n) is 11.3. The van der Waals surface area contributed by atoms with Crippen molar-refractivity contribution in [3.8, 4) is 11.1 Å². The lowest BCUT2D eigenvalue weighted by Gasteiger charge is -2.04. The second-order valence-corrected chi connectivity index (χ2v) is 5.50. The molecule has 2 aromatic carbocycles. The van der Waals surface area contributed by atoms with Gasteiger partial charge in [-0.2, -0.15) is 0 Å². The molecule has 3 rings (SSSR count). The number of ether oxygens (including phenoxy) is 1. The molecule has 0 radical (unpaired) electrons. The van der Waals surface area contributed by atoms with Gasteiger partial charge in [0.2, 0.25) is 0 Å². The number of rotatable bonds is 3. The smallest absolute Gasteiger partial charge is 0.337 e. The fourth-order valence-electron chi connectivity index (χ4n) is 2.24. The molecule has 0 bridgehead atoms. The summed E-state index contributed by atoms with van der Waals surface area (Å²) in [6.45, 7) is 0. The Morgan fingerprint density at radius 3 is 2.48 bits per heavy atom. The first-order valence-electron chi connectivity index (χ1n) is 6.38. The Bertz CT molecular complexity index is 816. The van der Waals surface area contributed by atoms with E-state index in [0.717, 1.165) is 27.5 Å². The summed E-state index contributed by atoms with van der Waals surface area (Å²) in [5, 5.41) is 2.83. The maximum absolute atomic E-state index is 11.4. The van der Waals surface area contributed by atoms with Gasteiger partial charge in [0.05, 0.1) is 12.7 Å². The molecule has 0 aliphatic carbocycles. The number of hydrogen-bond donors (Lipinski definition) is 0. The van der Waals surface area contributed by atoms with E-state index in [0.29, 0.717) is 11.1 Å². The minimum atomic E-state index is -0.349. The van der Waals surface area contributed by atoms with Crippen LogP contribution in [-0.4, -0.2) is 19.4 Å². The third-order valence-electron chi connectivity index (χ3n) is 3.37. The van der Waals surface area contributed by atoms with E-state index < -0.39 is 0 Å². The number of aldehydes is 1. The van der Waals surface area contributed by atoms with Crippen molar-refractivity contribution in [2.24, 2.45) is 0 Å². The highest BCUT2D eigenvalue weighted by Crippen LogP contribution is 2.30. The van der Waals surface area contributed by atoms with Gasteiger partial charge in [-0.05, 0) is 35.4 Å². The lowest BCUT2D eigenvalue weighted by Crippen LogP contribution is -2.00. The molecule has 1 aromatic heterocycles. The van der Waals surface area contributed by atoms with Crippen LogP contribution in [0.5, 0.6) is 0 Å². The molecule has 0 saturated heterocycles. The van der Waals surface area contributed by atoms with E-state index in [9.17, 15) is 9.59 Å². The van der Waals surface area contributed by atoms with Gasteiger partial charge < -0.3 is 4.74 Å². The van der Waals surface area contributed by atoms with Crippen LogP contribution in [0.3, 0.4) is 0 Å². The number of fused-ring (bicyclic) bond motifs is 1. The number of thiophene rings is 1. The molecule has 0 amide bonds. The van der Waals surface area contributed by atoms with Gasteiger partial charge in [0.25, 0.3) is 0 Å². The van der Waals surface area contributed by atoms with Gasteiger partial charge in [0, 0.05) is 21.0 Å². The van der Waals surface area contributed by atoms with Crippen LogP contribution < -0.4 is 0 Å². The number of hydrogen-bond acceptors (Lipinski definition) is 4. The van der Waals surface area contributed by atoms with Gasteiger partial charge in [0.15, 0.2) is 6.29 Å². The first kappa shape index (κ1) is 13.5. The number of carbonyl (C=O) groups excluding carboxylic acids is 2. The molecule has 0 unspecified atom stereocenters. The Hall–Kier alpha value is -2.46. The number of esters is 1. The van der Waals surface area contributed by atoms with Crippen LogP contribution in [0.15, 0.2) is 47.8 Å². The summed E-state index contributed by atoms with van der Waals surface area (Å²) in [6, 6.07) is 13.2. The van der Waals surface area contributed by atoms with Crippen LogP contribution in [0.4, 0.5) is 0 Å². The van der Waals surface area contributed by atoms with Gasteiger partial charge in [-0.15, -0.1) is 11.3 Å². The molecule has 21 heavy (non-hydrogen) atoms. The monoisotopic (exact) mass is 296 g/mol. The second kappa shape index (κ2) is 5.50. The first-order valence-corrected chi connectivity index (χ1v) is 7.26. The highest BCUT2D eigenvalue weighted by Gasteiger charge is 2.08. The largest absolute Gasteiger partial charge is 0.465 e. The Morgan fingerprint density at radius 2 is 1.81 bits per heavy atom. The molecule has 104 valence electrons. The fraction of sp³-hybridized carbons (Fsp3) is 0.0588. The van der Waals surface area contributed by atoms with Gasteiger partial charge >= 0.3 is 5.97 Å². The minimum absolute atomic E-state index is 0.349. The van der Waals surface area contributed by atoms with Crippen LogP contribution in [0.1, 0.15) is 20.7 Å². The van der Waals surface area contributed by atoms with Crippen molar-refractivity contribution in [2.45, 2.75) is 0 Å². The van der Waals surface area contributed by atoms with E-state index in [1.807, 2.05) is 35.7 Å². The van der Waals surface area contributed by atoms with Crippen molar-refractivity contribution in [3.63, 3.8) is 0 Å². The molecule has 3 aromatic rings. The first-order chi connectivity index (χ1) is 10.2. The van der Waals surface area contributed by atoms with Crippen LogP contribution in [0, 0.1) is 0 Å². The molecule has 0 aliphatic rings. The van der Waals surface area contributed by atoms with Crippen molar-refractivity contribution in [2.75, 3.05) is 7.11 Å². The van der Waals surface area contributed by atoms with E-state index in [1.54, 1.807) is 23.5 Å². The average molecular weight is 296 g/mol. The maximum atomic E-state index is 11.4. The minimum Gasteiger partial charge on any atom is -0.465 e. The average Bonchev–Trinajstić information content (AvgIpc) is 2.96. The number of methoxy groups -OCH3 is 1. The Balaban J connectivity index is 2.03. The zero-order valence-corrected chi connectivity index (χ0v) is 12.1. The van der Waals surface area contributed by atoms with Crippen molar-refractivity contribution < 1.29 is 14.3 Å². The number of benzene rings is 2. The standard InChI is InChI=1S/C17H12O3S/c1-20-17(19)12-4-2-11(3-5-12)13-6-7-16-15(8-13)14(9-18)10-21-16/h2-10H,1H3. The van der Waals surface area contributed by atoms with E-state index in [-0.39, 0.29) is 5.97 Å². The summed E-state index contributed by atoms with van der Waals surface area (Å²) in [7, 11) is 1.36. The van der Waals surface area contributed by atoms with Crippen LogP contribution >= 0.6 is 11.3 Å². The maximum Gasteiger partial charge on any atom is 0.337 e. The molecule has 3 nitrogen and oxygen atoms in total. The molecular weight excluding hydrogens is 284 g/mol. The highest BCUT2D eigenvalue weighted by atomic mass is 32.1. The quantitative estimate of drug-likeness (QED) is 0.538. The molecule has 0 N–H and O–H groups in total. The van der Waals surface area contributed by atoms with Crippen molar-refractivity contribution >= 4 is 33.7 Å². The van der Waals surface area contributed by atoms with Crippen LogP contribution in [-0.2, 0) is 4.74 Å². The third-order valence-corrected chi connectivity index (χ3v) is 4.35. The van der Waals surface area contributed by atoms with E-state index >= 15 is 0 Å². The second-order valence-electron chi connectivity index (χ2n) is 4.59. The normalized spacial score (nSPS) is 10.5. The summed E-state index contributed by atoms with van der Waals surface area (Å²) in [5.41, 5.74) is 3.24. The van der Waals surface area contributed by atoms with Gasteiger partial charge in [-0.25, -0.2) is 4.79 Å². The van der Waals surface area contributed by atoms with Crippen LogP contribution in [0.2, 0.25) is 0 Å². The summed E-state index contributed by atoms with van der Waals surface area (Å²) in [5.74, 6) is -0.349. The highest BCUT2D eigenvalue weighted by molar-refractivity contribution is 7.17. The Morgan fingerprint density at radius 1 is 1.10 bits per heavy atom. The Labute approximate surface area is 125 Å². The van der Waals surface area contributed by atoms with Crippen LogP contribution in [0.25, 0.3) is 21.2 Å². The summed E-state index contributed by atoms with van der Waals surface area (Å²) in [4.78, 5) is 22.5. The molecule has 0 saturated carbocycles. The van der Waals surface area contributed by atoms with Gasteiger partial charge in [-0.1, -0.05) is 18.2 Å². The molecule has 0 spiro atoms. The molecule has 0 atom stereocenters. The Kier molecular flexibility index (Phi) is 3.54. The third kappa shape index (κ3) is 2.45. The SMILES string of the molecule is COC(=O)c1ccc(-c2ccc3scc(C=O)c3c2)cc1. The van der Waals surface area contributed by atoms with E-state index in [4.69, 9.17) is 0 Å². The van der Waals surface area contributed by atoms with Crippen molar-refractivity contribution in [3.05, 3.63) is 59.0 Å². The van der Waals surface area contributed by atoms with Crippen molar-refractivity contribution in [1.29, 1.82) is 0 Å². The van der Waals surface area contributed by atoms with E-state index in [1.165, 1.54) is 7.11 Å². The lowest BCUT2D eigenvalue weighted by molar-refractivity contribution is 0.0600. The predicted molar refractivity (Wildman–Crippen MR) is 84.0 cm³/mol. The number of carbonyl (C=O) groups is 2. The van der Waals surface area contributed by atoms with Crippen molar-refractivity contribution in [1.82, 2.24) is 0 Å². The van der Waals surface area contributed by atoms with Gasteiger partial charge in [-0.3, -0.25) is 4.79 Å². The zero-order chi connectivity index (χ0) is 14.8. The molecule has 0 fully saturated rings. The van der Waals surface area contributed by atoms with Gasteiger partial charge in [0.1, 0.15) is 0 Å². The summed E-state index contributed by atoms with van der Waals surface area (Å²) >= 11 is 1.56. The topological polar surface area (TPSA) is 43.4 Å². The van der Waals surface area contributed by atoms with E-state index in [2.05, 4.69) is 4.74 Å². The predicted octanol–water partition coefficient (Wildman–Crippen LogP) is 4.17. The lowest BCUT2D eigenvalue weighted by atomic mass is 10.0.